The highest BCUT2D eigenvalue weighted by molar-refractivity contribution is 7.81. The van der Waals surface area contributed by atoms with Crippen LogP contribution in [-0.4, -0.2) is 50.3 Å². The molecule has 36 heavy (non-hydrogen) atoms. The molecule has 1 N–H and O–H groups in total. The normalized spacial score (nSPS) is 11.9. The van der Waals surface area contributed by atoms with E-state index in [4.69, 9.17) is 4.74 Å². The number of amides is 1. The van der Waals surface area contributed by atoms with E-state index < -0.39 is 5.97 Å². The molecule has 0 bridgehead atoms. The van der Waals surface area contributed by atoms with Gasteiger partial charge >= 0.3 is 5.97 Å². The van der Waals surface area contributed by atoms with Crippen LogP contribution in [0.1, 0.15) is 55.2 Å². The molecule has 0 saturated carbocycles. The summed E-state index contributed by atoms with van der Waals surface area (Å²) in [5.74, 6) is -0.585. The van der Waals surface area contributed by atoms with Crippen LogP contribution >= 0.6 is 12.6 Å². The first-order valence-electron chi connectivity index (χ1n) is 12.2. The summed E-state index contributed by atoms with van der Waals surface area (Å²) in [6, 6.07) is 15.3. The van der Waals surface area contributed by atoms with E-state index in [1.54, 1.807) is 30.3 Å². The van der Waals surface area contributed by atoms with Crippen LogP contribution in [0.5, 0.6) is 6.01 Å². The van der Waals surface area contributed by atoms with Crippen LogP contribution in [0.15, 0.2) is 54.7 Å². The third-order valence-corrected chi connectivity index (χ3v) is 6.29. The Morgan fingerprint density at radius 2 is 1.83 bits per heavy atom. The Hall–Kier alpha value is -3.26. The van der Waals surface area contributed by atoms with Gasteiger partial charge < -0.3 is 14.7 Å². The Kier molecular flexibility index (Phi) is 9.58. The fourth-order valence-corrected chi connectivity index (χ4v) is 4.63. The van der Waals surface area contributed by atoms with E-state index in [0.717, 1.165) is 23.2 Å². The zero-order valence-corrected chi connectivity index (χ0v) is 22.2. The van der Waals surface area contributed by atoms with Gasteiger partial charge in [-0.25, -0.2) is 9.78 Å². The van der Waals surface area contributed by atoms with Crippen LogP contribution in [0.2, 0.25) is 0 Å². The molecule has 7 nitrogen and oxygen atoms in total. The molecule has 8 heteroatoms. The van der Waals surface area contributed by atoms with Gasteiger partial charge in [-0.1, -0.05) is 63.2 Å². The van der Waals surface area contributed by atoms with Crippen molar-refractivity contribution in [2.45, 2.75) is 52.0 Å². The number of rotatable bonds is 12. The third-order valence-electron chi connectivity index (χ3n) is 5.86. The molecule has 1 heterocycles. The van der Waals surface area contributed by atoms with Gasteiger partial charge in [-0.15, -0.1) is 0 Å². The summed E-state index contributed by atoms with van der Waals surface area (Å²) in [7, 11) is 1.78. The van der Waals surface area contributed by atoms with Gasteiger partial charge in [0.1, 0.15) is 0 Å². The van der Waals surface area contributed by atoms with Crippen LogP contribution in [0, 0.1) is 5.92 Å². The molecule has 1 amide bonds. The van der Waals surface area contributed by atoms with Crippen molar-refractivity contribution in [1.29, 1.82) is 0 Å². The lowest BCUT2D eigenvalue weighted by molar-refractivity contribution is -0.130. The van der Waals surface area contributed by atoms with Gasteiger partial charge in [0.2, 0.25) is 5.91 Å². The number of thiol groups is 1. The van der Waals surface area contributed by atoms with E-state index >= 15 is 0 Å². The van der Waals surface area contributed by atoms with Crippen molar-refractivity contribution < 1.29 is 19.4 Å². The summed E-state index contributed by atoms with van der Waals surface area (Å²) in [4.78, 5) is 30.6. The number of nitrogens with zero attached hydrogens (tertiary/aromatic N) is 3. The maximum Gasteiger partial charge on any atom is 0.336 e. The number of imidazole rings is 1. The van der Waals surface area contributed by atoms with E-state index in [0.29, 0.717) is 43.6 Å². The maximum atomic E-state index is 12.8. The first kappa shape index (κ1) is 27.3. The summed E-state index contributed by atoms with van der Waals surface area (Å²) in [6.07, 6.45) is 3.32. The standard InChI is InChI=1S/C28H35N3O4S/c1-5-14-35-28-29-16-22(18-30(4)26(32)25(36)15-19(2)3)31(28)17-20-10-12-21(13-11-20)23-8-6-7-9-24(23)27(33)34/h6-13,16,19,25,36H,5,14-15,17-18H2,1-4H3,(H,33,34)/t25-/m0/s1. The molecule has 2 aromatic carbocycles. The molecular formula is C28H35N3O4S. The average Bonchev–Trinajstić information content (AvgIpc) is 3.22. The van der Waals surface area contributed by atoms with Crippen molar-refractivity contribution in [2.75, 3.05) is 13.7 Å². The van der Waals surface area contributed by atoms with Crippen LogP contribution in [0.3, 0.4) is 0 Å². The highest BCUT2D eigenvalue weighted by Crippen LogP contribution is 2.25. The number of hydrogen-bond acceptors (Lipinski definition) is 5. The second-order valence-corrected chi connectivity index (χ2v) is 9.98. The first-order chi connectivity index (χ1) is 17.2. The van der Waals surface area contributed by atoms with Gasteiger partial charge in [0, 0.05) is 7.05 Å². The topological polar surface area (TPSA) is 84.7 Å². The van der Waals surface area contributed by atoms with Crippen LogP contribution in [-0.2, 0) is 17.9 Å². The Morgan fingerprint density at radius 1 is 1.14 bits per heavy atom. The van der Waals surface area contributed by atoms with E-state index in [9.17, 15) is 14.7 Å². The number of ether oxygens (including phenoxy) is 1. The summed E-state index contributed by atoms with van der Waals surface area (Å²) < 4.78 is 7.87. The molecule has 192 valence electrons. The fraction of sp³-hybridized carbons (Fsp3) is 0.393. The number of carboxylic acids is 1. The minimum atomic E-state index is -0.953. The summed E-state index contributed by atoms with van der Waals surface area (Å²) in [5.41, 5.74) is 3.65. The smallest absolute Gasteiger partial charge is 0.336 e. The predicted molar refractivity (Wildman–Crippen MR) is 145 cm³/mol. The number of aromatic nitrogens is 2. The van der Waals surface area contributed by atoms with Crippen molar-refractivity contribution >= 4 is 24.5 Å². The summed E-state index contributed by atoms with van der Waals surface area (Å²) in [5, 5.41) is 9.17. The number of aromatic carboxylic acids is 1. The van der Waals surface area contributed by atoms with E-state index in [1.165, 1.54) is 0 Å². The van der Waals surface area contributed by atoms with Gasteiger partial charge in [-0.2, -0.15) is 12.6 Å². The lowest BCUT2D eigenvalue weighted by Crippen LogP contribution is -2.34. The van der Waals surface area contributed by atoms with Crippen LogP contribution in [0.4, 0.5) is 0 Å². The number of hydrogen-bond donors (Lipinski definition) is 2. The Bertz CT molecular complexity index is 1170. The molecule has 0 saturated heterocycles. The number of carbonyl (C=O) groups is 2. The number of carboxylic acid groups (broad SMARTS) is 1. The predicted octanol–water partition coefficient (Wildman–Crippen LogP) is 5.39. The SMILES string of the molecule is CCCOc1ncc(CN(C)C(=O)[C@@H](S)CC(C)C)n1Cc1ccc(-c2ccccc2C(=O)O)cc1. The highest BCUT2D eigenvalue weighted by Gasteiger charge is 2.22. The van der Waals surface area contributed by atoms with Gasteiger partial charge in [0.25, 0.3) is 6.01 Å². The van der Waals surface area contributed by atoms with Crippen LogP contribution < -0.4 is 4.74 Å². The molecule has 0 aliphatic carbocycles. The Balaban J connectivity index is 1.83. The van der Waals surface area contributed by atoms with E-state index in [1.807, 2.05) is 47.9 Å². The zero-order chi connectivity index (χ0) is 26.2. The van der Waals surface area contributed by atoms with Gasteiger partial charge in [0.15, 0.2) is 0 Å². The average molecular weight is 510 g/mol. The quantitative estimate of drug-likeness (QED) is 0.320. The lowest BCUT2D eigenvalue weighted by Gasteiger charge is -2.23. The molecule has 0 radical (unpaired) electrons. The summed E-state index contributed by atoms with van der Waals surface area (Å²) >= 11 is 4.51. The summed E-state index contributed by atoms with van der Waals surface area (Å²) in [6.45, 7) is 7.64. The molecule has 0 unspecified atom stereocenters. The molecule has 1 atom stereocenters. The van der Waals surface area contributed by atoms with Crippen molar-refractivity contribution in [3.8, 4) is 17.1 Å². The van der Waals surface area contributed by atoms with Crippen molar-refractivity contribution in [3.63, 3.8) is 0 Å². The van der Waals surface area contributed by atoms with Crippen molar-refractivity contribution in [3.05, 3.63) is 71.5 Å². The molecule has 1 aromatic heterocycles. The van der Waals surface area contributed by atoms with E-state index in [2.05, 4.69) is 31.5 Å². The highest BCUT2D eigenvalue weighted by atomic mass is 32.1. The van der Waals surface area contributed by atoms with Gasteiger partial charge in [-0.3, -0.25) is 9.36 Å². The second kappa shape index (κ2) is 12.6. The third kappa shape index (κ3) is 6.91. The van der Waals surface area contributed by atoms with Gasteiger partial charge in [-0.05, 0) is 41.5 Å². The molecular weight excluding hydrogens is 474 g/mol. The first-order valence-corrected chi connectivity index (χ1v) is 12.7. The molecule has 3 aromatic rings. The monoisotopic (exact) mass is 509 g/mol. The van der Waals surface area contributed by atoms with E-state index in [-0.39, 0.29) is 16.7 Å². The van der Waals surface area contributed by atoms with Crippen molar-refractivity contribution in [2.24, 2.45) is 5.92 Å². The molecule has 0 spiro atoms. The minimum Gasteiger partial charge on any atom is -0.478 e. The minimum absolute atomic E-state index is 0.0164. The number of carbonyl (C=O) groups excluding carboxylic acids is 1. The molecule has 0 aliphatic heterocycles. The van der Waals surface area contributed by atoms with Crippen molar-refractivity contribution in [1.82, 2.24) is 14.5 Å². The Labute approximate surface area is 218 Å². The lowest BCUT2D eigenvalue weighted by atomic mass is 9.99. The number of benzene rings is 2. The Morgan fingerprint density at radius 3 is 2.47 bits per heavy atom. The maximum absolute atomic E-state index is 12.8. The largest absolute Gasteiger partial charge is 0.478 e. The second-order valence-electron chi connectivity index (χ2n) is 9.35. The molecule has 0 fully saturated rings. The molecule has 0 aliphatic rings. The van der Waals surface area contributed by atoms with Crippen LogP contribution in [0.25, 0.3) is 11.1 Å². The zero-order valence-electron chi connectivity index (χ0n) is 21.3. The molecule has 3 rings (SSSR count). The fourth-order valence-electron chi connectivity index (χ4n) is 4.01. The van der Waals surface area contributed by atoms with Gasteiger partial charge in [0.05, 0.1) is 42.4 Å².